The number of alkyl halides is 3. The summed E-state index contributed by atoms with van der Waals surface area (Å²) in [5.41, 5.74) is 5.67. The van der Waals surface area contributed by atoms with Crippen LogP contribution in [-0.4, -0.2) is 64.2 Å². The van der Waals surface area contributed by atoms with Gasteiger partial charge in [0.05, 0.1) is 7.11 Å². The number of anilines is 1. The van der Waals surface area contributed by atoms with Gasteiger partial charge in [0.1, 0.15) is 34.3 Å². The fraction of sp³-hybridized carbons (Fsp3) is 0.250. The third-order valence-corrected chi connectivity index (χ3v) is 7.23. The number of pyridine rings is 1. The van der Waals surface area contributed by atoms with E-state index in [-0.39, 0.29) is 41.5 Å². The molecule has 0 aliphatic heterocycles. The summed E-state index contributed by atoms with van der Waals surface area (Å²) in [5.74, 6) is -8.45. The Morgan fingerprint density at radius 3 is 1.98 bits per heavy atom. The van der Waals surface area contributed by atoms with Gasteiger partial charge in [-0.3, -0.25) is 10.2 Å². The molecule has 4 rings (SSSR count). The van der Waals surface area contributed by atoms with Gasteiger partial charge in [-0.2, -0.15) is 26.9 Å². The lowest BCUT2D eigenvalue weighted by atomic mass is 10.1. The quantitative estimate of drug-likeness (QED) is 0.0528. The number of methoxy groups -OCH3 is 1. The lowest BCUT2D eigenvalue weighted by Crippen LogP contribution is -2.38. The first-order valence-corrected chi connectivity index (χ1v) is 15.8. The van der Waals surface area contributed by atoms with E-state index in [4.69, 9.17) is 35.3 Å². The minimum Gasteiger partial charge on any atom is -0.497 e. The molecule has 0 fully saturated rings. The first-order valence-electron chi connectivity index (χ1n) is 15.8. The maximum absolute atomic E-state index is 16.1. The lowest BCUT2D eigenvalue weighted by molar-refractivity contribution is -0.192. The second-order valence-corrected chi connectivity index (χ2v) is 11.8. The van der Waals surface area contributed by atoms with Gasteiger partial charge in [-0.15, -0.1) is 0 Å². The van der Waals surface area contributed by atoms with Gasteiger partial charge in [-0.25, -0.2) is 9.59 Å². The van der Waals surface area contributed by atoms with Crippen LogP contribution in [0, 0.1) is 17.0 Å². The monoisotopic (exact) mass is 761 g/mol. The molecule has 0 aliphatic rings. The molecule has 0 unspecified atom stereocenters. The number of halogens is 5. The topological polar surface area (TPSA) is 197 Å². The molecule has 1 amide bonds. The molecule has 4 aromatic rings. The highest BCUT2D eigenvalue weighted by Gasteiger charge is 2.38. The van der Waals surface area contributed by atoms with Crippen LogP contribution < -0.4 is 30.2 Å². The molecule has 0 aliphatic carbocycles. The smallest absolute Gasteiger partial charge is 0.490 e. The standard InChI is InChI=1S/C34H35F2N5O6.C2HF3O2/c1-18(2)41(19(3)4)29-27(35)32(46-24-11-7-9-21(15-24)30(37)38)40-33(28(29)36)47-26-13-12-22(16-25(26)34(43)44)31(42)39-17-20-8-6-10-23(14-20)45-5;3-2(4,5)1(6)7/h6-16,18-19H,17H2,1-5H3,(H3,37,38)(H,39,42)(H,43,44);(H,6,7). The largest absolute Gasteiger partial charge is 0.497 e. The molecule has 0 saturated carbocycles. The number of hydrogen-bond acceptors (Lipinski definition) is 9. The number of nitrogen functional groups attached to an aromatic ring is 1. The first kappa shape index (κ1) is 42.0. The van der Waals surface area contributed by atoms with Crippen molar-refractivity contribution in [2.45, 2.75) is 52.5 Å². The minimum atomic E-state index is -5.08. The number of carboxylic acids is 2. The second kappa shape index (κ2) is 17.8. The van der Waals surface area contributed by atoms with E-state index >= 15 is 8.78 Å². The number of hydrogen-bond donors (Lipinski definition) is 5. The van der Waals surface area contributed by atoms with E-state index < -0.39 is 58.7 Å². The van der Waals surface area contributed by atoms with Gasteiger partial charge in [-0.05, 0) is 75.7 Å². The van der Waals surface area contributed by atoms with Crippen LogP contribution >= 0.6 is 0 Å². The molecule has 0 atom stereocenters. The summed E-state index contributed by atoms with van der Waals surface area (Å²) in [4.78, 5) is 39.5. The molecule has 1 aromatic heterocycles. The fourth-order valence-corrected chi connectivity index (χ4v) is 4.90. The second-order valence-electron chi connectivity index (χ2n) is 11.8. The van der Waals surface area contributed by atoms with E-state index in [2.05, 4.69) is 10.3 Å². The van der Waals surface area contributed by atoms with Crippen molar-refractivity contribution in [3.63, 3.8) is 0 Å². The molecule has 1 heterocycles. The first-order chi connectivity index (χ1) is 25.2. The van der Waals surface area contributed by atoms with Crippen molar-refractivity contribution >= 4 is 29.4 Å². The van der Waals surface area contributed by atoms with Gasteiger partial charge < -0.3 is 40.4 Å². The maximum atomic E-state index is 16.1. The van der Waals surface area contributed by atoms with E-state index in [0.29, 0.717) is 11.3 Å². The number of amides is 1. The summed E-state index contributed by atoms with van der Waals surface area (Å²) in [6, 6.07) is 15.8. The predicted molar refractivity (Wildman–Crippen MR) is 186 cm³/mol. The van der Waals surface area contributed by atoms with Gasteiger partial charge in [-0.1, -0.05) is 24.3 Å². The van der Waals surface area contributed by atoms with Crippen molar-refractivity contribution in [3.05, 3.63) is 101 Å². The van der Waals surface area contributed by atoms with Crippen molar-refractivity contribution < 1.29 is 60.8 Å². The van der Waals surface area contributed by atoms with Gasteiger partial charge in [0.15, 0.2) is 0 Å². The Balaban J connectivity index is 0.00000102. The van der Waals surface area contributed by atoms with E-state index in [0.717, 1.165) is 11.6 Å². The highest BCUT2D eigenvalue weighted by molar-refractivity contribution is 5.99. The van der Waals surface area contributed by atoms with Crippen LogP contribution in [0.3, 0.4) is 0 Å². The summed E-state index contributed by atoms with van der Waals surface area (Å²) in [5, 5.41) is 27.5. The lowest BCUT2D eigenvalue weighted by Gasteiger charge is -2.33. The van der Waals surface area contributed by atoms with Crippen LogP contribution in [0.5, 0.6) is 29.0 Å². The summed E-state index contributed by atoms with van der Waals surface area (Å²) < 4.78 is 80.5. The van der Waals surface area contributed by atoms with Crippen molar-refractivity contribution in [2.75, 3.05) is 12.0 Å². The van der Waals surface area contributed by atoms with Crippen molar-refractivity contribution in [3.8, 4) is 29.0 Å². The molecule has 3 aromatic carbocycles. The molecular weight excluding hydrogens is 725 g/mol. The number of aromatic nitrogens is 1. The maximum Gasteiger partial charge on any atom is 0.490 e. The van der Waals surface area contributed by atoms with Gasteiger partial charge in [0, 0.05) is 29.8 Å². The highest BCUT2D eigenvalue weighted by Crippen LogP contribution is 2.40. The molecule has 13 nitrogen and oxygen atoms in total. The summed E-state index contributed by atoms with van der Waals surface area (Å²) in [6.07, 6.45) is -5.08. The Morgan fingerprint density at radius 2 is 1.44 bits per heavy atom. The zero-order chi connectivity index (χ0) is 40.5. The van der Waals surface area contributed by atoms with Crippen molar-refractivity contribution in [2.24, 2.45) is 5.73 Å². The summed E-state index contributed by atoms with van der Waals surface area (Å²) in [6.45, 7) is 7.13. The average Bonchev–Trinajstić information content (AvgIpc) is 3.10. The number of carbonyl (C=O) groups excluding carboxylic acids is 1. The molecule has 0 saturated heterocycles. The number of nitrogens with zero attached hydrogens (tertiary/aromatic N) is 2. The number of nitrogens with two attached hydrogens (primary N) is 1. The molecule has 0 spiro atoms. The number of carboxylic acid groups (broad SMARTS) is 2. The number of rotatable bonds is 13. The summed E-state index contributed by atoms with van der Waals surface area (Å²) in [7, 11) is 1.52. The van der Waals surface area contributed by atoms with E-state index in [9.17, 15) is 27.9 Å². The predicted octanol–water partition coefficient (Wildman–Crippen LogP) is 7.12. The van der Waals surface area contributed by atoms with Crippen LogP contribution in [0.15, 0.2) is 66.7 Å². The zero-order valence-corrected chi connectivity index (χ0v) is 29.4. The van der Waals surface area contributed by atoms with Crippen LogP contribution in [-0.2, 0) is 11.3 Å². The number of ether oxygens (including phenoxy) is 3. The number of amidine groups is 1. The number of carbonyl (C=O) groups is 3. The van der Waals surface area contributed by atoms with E-state index in [1.165, 1.54) is 42.3 Å². The van der Waals surface area contributed by atoms with E-state index in [1.807, 2.05) is 0 Å². The molecule has 6 N–H and O–H groups in total. The minimum absolute atomic E-state index is 0.00559. The number of benzene rings is 3. The SMILES string of the molecule is COc1cccc(CNC(=O)c2ccc(Oc3nc(Oc4cccc(C(=N)N)c4)c(F)c(N(C(C)C)C(C)C)c3F)c(C(=O)O)c2)c1.O=C(O)C(F)(F)F. The number of aliphatic carboxylic acids is 1. The number of nitrogens with one attached hydrogen (secondary N) is 2. The molecule has 0 radical (unpaired) electrons. The Morgan fingerprint density at radius 1 is 0.870 bits per heavy atom. The number of aromatic carboxylic acids is 1. The Labute approximate surface area is 305 Å². The average molecular weight is 762 g/mol. The van der Waals surface area contributed by atoms with Gasteiger partial charge in [0.25, 0.3) is 17.7 Å². The Kier molecular flexibility index (Phi) is 13.9. The van der Waals surface area contributed by atoms with E-state index in [1.54, 1.807) is 58.0 Å². The highest BCUT2D eigenvalue weighted by atomic mass is 19.4. The molecule has 18 heteroatoms. The Hall–Kier alpha value is -6.46. The Bertz CT molecular complexity index is 2020. The van der Waals surface area contributed by atoms with Crippen molar-refractivity contribution in [1.82, 2.24) is 10.3 Å². The molecule has 0 bridgehead atoms. The van der Waals surface area contributed by atoms with Gasteiger partial charge >= 0.3 is 18.1 Å². The third kappa shape index (κ3) is 10.8. The molecular formula is C36H36F5N5O8. The van der Waals surface area contributed by atoms with Crippen LogP contribution in [0.4, 0.5) is 27.6 Å². The molecule has 288 valence electrons. The zero-order valence-electron chi connectivity index (χ0n) is 29.4. The van der Waals surface area contributed by atoms with Crippen molar-refractivity contribution in [1.29, 1.82) is 5.41 Å². The van der Waals surface area contributed by atoms with Gasteiger partial charge in [0.2, 0.25) is 11.6 Å². The third-order valence-electron chi connectivity index (χ3n) is 7.23. The fourth-order valence-electron chi connectivity index (χ4n) is 4.90. The molecule has 54 heavy (non-hydrogen) atoms. The summed E-state index contributed by atoms with van der Waals surface area (Å²) >= 11 is 0. The van der Waals surface area contributed by atoms with Crippen LogP contribution in [0.2, 0.25) is 0 Å². The normalized spacial score (nSPS) is 11.0. The van der Waals surface area contributed by atoms with Crippen LogP contribution in [0.1, 0.15) is 59.5 Å². The van der Waals surface area contributed by atoms with Crippen LogP contribution in [0.25, 0.3) is 0 Å².